The summed E-state index contributed by atoms with van der Waals surface area (Å²) in [5.41, 5.74) is 9.02. The Balaban J connectivity index is 1.17. The minimum atomic E-state index is -0.476. The van der Waals surface area contributed by atoms with Crippen LogP contribution in [0.1, 0.15) is 51.5 Å². The standard InChI is InChI=1S/C31H40ClN3O4/c1-21-18-30(31(36)22(2)37-21)35(3)17-16-25(33)9-5-4-6-10-28-20-29(34-39-28)23-8-7-11-27(19-23)38-26-14-12-24(32)13-15-26/h6-15,19,21-22,28,30-31,36H,4-5,16-18,20,33H2,1-3H3/b10-6-,25-9-/t21-,22+,28?,30+,31?/m1/s1. The lowest BCUT2D eigenvalue weighted by molar-refractivity contribution is -0.137. The van der Waals surface area contributed by atoms with Crippen molar-refractivity contribution in [3.05, 3.63) is 83.0 Å². The molecule has 2 aromatic carbocycles. The zero-order chi connectivity index (χ0) is 27.8. The quantitative estimate of drug-likeness (QED) is 0.260. The van der Waals surface area contributed by atoms with Crippen molar-refractivity contribution < 1.29 is 19.4 Å². The second-order valence-electron chi connectivity index (χ2n) is 10.4. The Morgan fingerprint density at radius 3 is 2.77 bits per heavy atom. The molecule has 8 heteroatoms. The van der Waals surface area contributed by atoms with E-state index in [4.69, 9.17) is 31.6 Å². The number of rotatable bonds is 11. The van der Waals surface area contributed by atoms with E-state index in [1.165, 1.54) is 0 Å². The zero-order valence-corrected chi connectivity index (χ0v) is 23.8. The fourth-order valence-electron chi connectivity index (χ4n) is 4.97. The van der Waals surface area contributed by atoms with Crippen LogP contribution < -0.4 is 10.5 Å². The molecule has 0 aliphatic carbocycles. The monoisotopic (exact) mass is 553 g/mol. The van der Waals surface area contributed by atoms with Gasteiger partial charge in [0, 0.05) is 35.3 Å². The van der Waals surface area contributed by atoms with Crippen molar-refractivity contribution in [3.63, 3.8) is 0 Å². The molecule has 2 heterocycles. The molecule has 4 rings (SSSR count). The van der Waals surface area contributed by atoms with Gasteiger partial charge in [0.05, 0.1) is 24.0 Å². The van der Waals surface area contributed by atoms with Gasteiger partial charge >= 0.3 is 0 Å². The Morgan fingerprint density at radius 2 is 1.97 bits per heavy atom. The summed E-state index contributed by atoms with van der Waals surface area (Å²) >= 11 is 5.96. The van der Waals surface area contributed by atoms with Gasteiger partial charge in [-0.1, -0.05) is 41.0 Å². The van der Waals surface area contributed by atoms with Gasteiger partial charge in [0.25, 0.3) is 0 Å². The zero-order valence-electron chi connectivity index (χ0n) is 23.0. The Kier molecular flexibility index (Phi) is 10.5. The van der Waals surface area contributed by atoms with Gasteiger partial charge in [-0.15, -0.1) is 0 Å². The van der Waals surface area contributed by atoms with Crippen molar-refractivity contribution in [1.82, 2.24) is 4.90 Å². The van der Waals surface area contributed by atoms with E-state index in [1.807, 2.05) is 43.3 Å². The Morgan fingerprint density at radius 1 is 1.18 bits per heavy atom. The number of hydrogen-bond donors (Lipinski definition) is 2. The normalized spacial score (nSPS) is 25.6. The summed E-state index contributed by atoms with van der Waals surface area (Å²) in [4.78, 5) is 7.84. The molecule has 7 nitrogen and oxygen atoms in total. The highest BCUT2D eigenvalue weighted by atomic mass is 35.5. The lowest BCUT2D eigenvalue weighted by Gasteiger charge is -2.41. The van der Waals surface area contributed by atoms with Crippen LogP contribution in [-0.4, -0.2) is 59.8 Å². The summed E-state index contributed by atoms with van der Waals surface area (Å²) in [5.74, 6) is 1.46. The van der Waals surface area contributed by atoms with Gasteiger partial charge in [-0.2, -0.15) is 0 Å². The van der Waals surface area contributed by atoms with E-state index in [0.29, 0.717) is 11.4 Å². The third-order valence-electron chi connectivity index (χ3n) is 7.21. The number of nitrogens with two attached hydrogens (primary N) is 1. The summed E-state index contributed by atoms with van der Waals surface area (Å²) in [7, 11) is 2.05. The van der Waals surface area contributed by atoms with Gasteiger partial charge in [0.2, 0.25) is 0 Å². The van der Waals surface area contributed by atoms with E-state index >= 15 is 0 Å². The van der Waals surface area contributed by atoms with Crippen LogP contribution in [0.2, 0.25) is 5.02 Å². The number of aliphatic hydroxyl groups is 1. The van der Waals surface area contributed by atoms with Crippen molar-refractivity contribution in [1.29, 1.82) is 0 Å². The molecule has 0 bridgehead atoms. The second-order valence-corrected chi connectivity index (χ2v) is 10.9. The van der Waals surface area contributed by atoms with E-state index in [9.17, 15) is 5.11 Å². The van der Waals surface area contributed by atoms with Crippen LogP contribution in [-0.2, 0) is 9.57 Å². The van der Waals surface area contributed by atoms with Crippen molar-refractivity contribution in [3.8, 4) is 11.5 Å². The molecule has 1 saturated heterocycles. The lowest BCUT2D eigenvalue weighted by Crippen LogP contribution is -2.53. The molecule has 2 aliphatic heterocycles. The van der Waals surface area contributed by atoms with Crippen molar-refractivity contribution in [2.45, 2.75) is 76.4 Å². The van der Waals surface area contributed by atoms with E-state index < -0.39 is 6.10 Å². The number of benzene rings is 2. The fourth-order valence-corrected chi connectivity index (χ4v) is 5.10. The molecule has 210 valence electrons. The lowest BCUT2D eigenvalue weighted by atomic mass is 9.95. The number of oxime groups is 1. The third kappa shape index (κ3) is 8.57. The maximum atomic E-state index is 10.5. The minimum absolute atomic E-state index is 0.0773. The molecular weight excluding hydrogens is 514 g/mol. The number of hydrogen-bond acceptors (Lipinski definition) is 7. The van der Waals surface area contributed by atoms with E-state index in [0.717, 1.165) is 60.7 Å². The van der Waals surface area contributed by atoms with E-state index in [-0.39, 0.29) is 24.4 Å². The van der Waals surface area contributed by atoms with Crippen LogP contribution in [0.4, 0.5) is 0 Å². The predicted octanol–water partition coefficient (Wildman–Crippen LogP) is 6.05. The largest absolute Gasteiger partial charge is 0.457 e. The molecule has 0 aromatic heterocycles. The SMILES string of the molecule is C[C@@H]1C[C@H](N(C)CC/C(N)=C/CC/C=C\C2CC(c3cccc(Oc4ccc(Cl)cc4)c3)=NO2)C(O)[C@H](C)O1. The van der Waals surface area contributed by atoms with Crippen LogP contribution in [0.5, 0.6) is 11.5 Å². The van der Waals surface area contributed by atoms with Gasteiger partial charge in [0.1, 0.15) is 11.5 Å². The van der Waals surface area contributed by atoms with Crippen LogP contribution in [0, 0.1) is 0 Å². The fraction of sp³-hybridized carbons (Fsp3) is 0.452. The highest BCUT2D eigenvalue weighted by Gasteiger charge is 2.35. The Labute approximate surface area is 236 Å². The highest BCUT2D eigenvalue weighted by molar-refractivity contribution is 6.30. The van der Waals surface area contributed by atoms with Crippen LogP contribution in [0.15, 0.2) is 77.6 Å². The number of aliphatic hydroxyl groups excluding tert-OH is 1. The van der Waals surface area contributed by atoms with Gasteiger partial charge in [-0.25, -0.2) is 0 Å². The predicted molar refractivity (Wildman–Crippen MR) is 156 cm³/mol. The molecule has 0 saturated carbocycles. The molecular formula is C31H40ClN3O4. The number of ether oxygens (including phenoxy) is 2. The molecule has 5 atom stereocenters. The molecule has 2 unspecified atom stereocenters. The number of halogens is 1. The van der Waals surface area contributed by atoms with Crippen molar-refractivity contribution in [2.75, 3.05) is 13.6 Å². The molecule has 1 fully saturated rings. The summed E-state index contributed by atoms with van der Waals surface area (Å²) in [6.45, 7) is 4.80. The number of likely N-dealkylation sites (N-methyl/N-ethyl adjacent to an activating group) is 1. The number of nitrogens with zero attached hydrogens (tertiary/aromatic N) is 2. The second kappa shape index (κ2) is 14.0. The first kappa shape index (κ1) is 29.2. The average Bonchev–Trinajstić information content (AvgIpc) is 3.40. The van der Waals surface area contributed by atoms with Crippen molar-refractivity contribution >= 4 is 17.3 Å². The third-order valence-corrected chi connectivity index (χ3v) is 7.47. The average molecular weight is 554 g/mol. The smallest absolute Gasteiger partial charge is 0.151 e. The Hall–Kier alpha value is -2.84. The topological polar surface area (TPSA) is 89.5 Å². The summed E-state index contributed by atoms with van der Waals surface area (Å²) < 4.78 is 11.7. The van der Waals surface area contributed by atoms with Gasteiger partial charge in [0.15, 0.2) is 6.10 Å². The molecule has 2 aromatic rings. The summed E-state index contributed by atoms with van der Waals surface area (Å²) in [6, 6.07) is 15.2. The van der Waals surface area contributed by atoms with Gasteiger partial charge in [-0.05, 0) is 89.1 Å². The maximum absolute atomic E-state index is 10.5. The molecule has 0 spiro atoms. The molecule has 39 heavy (non-hydrogen) atoms. The summed E-state index contributed by atoms with van der Waals surface area (Å²) in [5, 5.41) is 15.5. The van der Waals surface area contributed by atoms with Gasteiger partial charge in [-0.3, -0.25) is 0 Å². The summed E-state index contributed by atoms with van der Waals surface area (Å²) in [6.07, 6.45) is 9.79. The first-order valence-corrected chi connectivity index (χ1v) is 14.1. The first-order valence-electron chi connectivity index (χ1n) is 13.7. The van der Waals surface area contributed by atoms with Crippen LogP contribution >= 0.6 is 11.6 Å². The molecule has 3 N–H and O–H groups in total. The molecule has 2 aliphatic rings. The van der Waals surface area contributed by atoms with Crippen molar-refractivity contribution in [2.24, 2.45) is 10.9 Å². The van der Waals surface area contributed by atoms with E-state index in [1.54, 1.807) is 12.1 Å². The number of unbranched alkanes of at least 4 members (excludes halogenated alkanes) is 1. The maximum Gasteiger partial charge on any atom is 0.151 e. The Bertz CT molecular complexity index is 1170. The van der Waals surface area contributed by atoms with Gasteiger partial charge < -0.3 is 30.1 Å². The highest BCUT2D eigenvalue weighted by Crippen LogP contribution is 2.26. The molecule has 0 amide bonds. The van der Waals surface area contributed by atoms with E-state index in [2.05, 4.69) is 42.3 Å². The number of allylic oxidation sites excluding steroid dienone is 2. The first-order chi connectivity index (χ1) is 18.8. The molecule has 0 radical (unpaired) electrons. The van der Waals surface area contributed by atoms with Crippen LogP contribution in [0.3, 0.4) is 0 Å². The van der Waals surface area contributed by atoms with Crippen LogP contribution in [0.25, 0.3) is 0 Å². The minimum Gasteiger partial charge on any atom is -0.457 e.